The Morgan fingerprint density at radius 2 is 1.62 bits per heavy atom. The van der Waals surface area contributed by atoms with Crippen LogP contribution < -0.4 is 10.0 Å². The molecule has 0 radical (unpaired) electrons. The highest BCUT2D eigenvalue weighted by molar-refractivity contribution is 9.10. The molecule has 0 aliphatic carbocycles. The zero-order valence-corrected chi connectivity index (χ0v) is 23.0. The Morgan fingerprint density at radius 1 is 0.946 bits per heavy atom. The number of fused-ring (bicyclic) bond motifs is 1. The minimum absolute atomic E-state index is 0.206. The maximum Gasteiger partial charge on any atom is 0.240 e. The maximum absolute atomic E-state index is 12.6. The highest BCUT2D eigenvalue weighted by Gasteiger charge is 2.14. The number of hydrogen-bond acceptors (Lipinski definition) is 5. The average molecular weight is 597 g/mol. The largest absolute Gasteiger partial charge is 0.366 e. The van der Waals surface area contributed by atoms with Crippen molar-refractivity contribution in [2.45, 2.75) is 24.9 Å². The molecule has 3 aromatic carbocycles. The number of rotatable bonds is 8. The van der Waals surface area contributed by atoms with E-state index in [4.69, 9.17) is 16.6 Å². The summed E-state index contributed by atoms with van der Waals surface area (Å²) < 4.78 is 30.3. The summed E-state index contributed by atoms with van der Waals surface area (Å²) >= 11 is 9.94. The Morgan fingerprint density at radius 3 is 2.32 bits per heavy atom. The van der Waals surface area contributed by atoms with E-state index >= 15 is 0 Å². The van der Waals surface area contributed by atoms with Gasteiger partial charge in [-0.05, 0) is 52.2 Å². The van der Waals surface area contributed by atoms with Crippen LogP contribution in [0.3, 0.4) is 0 Å². The summed E-state index contributed by atoms with van der Waals surface area (Å²) in [6.07, 6.45) is 1.70. The number of halogens is 2. The minimum atomic E-state index is -3.57. The van der Waals surface area contributed by atoms with Crippen molar-refractivity contribution in [1.82, 2.24) is 19.3 Å². The second-order valence-corrected chi connectivity index (χ2v) is 11.6. The summed E-state index contributed by atoms with van der Waals surface area (Å²) in [6, 6.07) is 24.0. The van der Waals surface area contributed by atoms with E-state index in [2.05, 4.69) is 31.1 Å². The van der Waals surface area contributed by atoms with Crippen molar-refractivity contribution in [2.24, 2.45) is 0 Å². The quantitative estimate of drug-likeness (QED) is 0.222. The van der Waals surface area contributed by atoms with Crippen molar-refractivity contribution >= 4 is 49.0 Å². The molecule has 188 valence electrons. The minimum Gasteiger partial charge on any atom is -0.366 e. The zero-order valence-electron chi connectivity index (χ0n) is 19.8. The van der Waals surface area contributed by atoms with Gasteiger partial charge in [-0.1, -0.05) is 71.8 Å². The lowest BCUT2D eigenvalue weighted by atomic mass is 10.1. The smallest absolute Gasteiger partial charge is 0.240 e. The Hall–Kier alpha value is -3.24. The van der Waals surface area contributed by atoms with Crippen LogP contribution in [0.1, 0.15) is 16.7 Å². The molecule has 7 nitrogen and oxygen atoms in total. The van der Waals surface area contributed by atoms with Crippen molar-refractivity contribution in [2.75, 3.05) is 5.32 Å². The third-order valence-corrected chi connectivity index (χ3v) is 8.18. The maximum atomic E-state index is 12.6. The number of aryl methyl sites for hydroxylation is 1. The van der Waals surface area contributed by atoms with Crippen LogP contribution in [0.15, 0.2) is 94.4 Å². The SMILES string of the molecule is Cc1ccc(S(=O)(=O)NCc2ccc(CNc3cc(-c4ccccc4Cl)nc4c(Br)cnn34)cc2)cc1. The van der Waals surface area contributed by atoms with Gasteiger partial charge < -0.3 is 5.32 Å². The molecular formula is C27H23BrClN5O2S. The van der Waals surface area contributed by atoms with E-state index in [0.29, 0.717) is 17.2 Å². The van der Waals surface area contributed by atoms with Crippen molar-refractivity contribution in [3.63, 3.8) is 0 Å². The van der Waals surface area contributed by atoms with E-state index in [1.54, 1.807) is 35.0 Å². The first kappa shape index (κ1) is 25.4. The predicted molar refractivity (Wildman–Crippen MR) is 150 cm³/mol. The summed E-state index contributed by atoms with van der Waals surface area (Å²) in [5, 5.41) is 8.48. The van der Waals surface area contributed by atoms with Gasteiger partial charge in [0.1, 0.15) is 5.82 Å². The van der Waals surface area contributed by atoms with Gasteiger partial charge in [0.15, 0.2) is 5.65 Å². The van der Waals surface area contributed by atoms with Gasteiger partial charge in [0, 0.05) is 29.7 Å². The Bertz CT molecular complexity index is 1670. The van der Waals surface area contributed by atoms with Crippen LogP contribution in [-0.4, -0.2) is 23.0 Å². The van der Waals surface area contributed by atoms with Crippen LogP contribution in [0.2, 0.25) is 5.02 Å². The molecular weight excluding hydrogens is 574 g/mol. The van der Waals surface area contributed by atoms with E-state index in [1.807, 2.05) is 61.5 Å². The number of nitrogens with one attached hydrogen (secondary N) is 2. The third-order valence-electron chi connectivity index (χ3n) is 5.87. The van der Waals surface area contributed by atoms with Crippen molar-refractivity contribution in [3.8, 4) is 11.3 Å². The second kappa shape index (κ2) is 10.6. The van der Waals surface area contributed by atoms with Crippen molar-refractivity contribution in [1.29, 1.82) is 0 Å². The van der Waals surface area contributed by atoms with E-state index < -0.39 is 10.0 Å². The number of nitrogens with zero attached hydrogens (tertiary/aromatic N) is 3. The number of benzene rings is 3. The standard InChI is InChI=1S/C27H23BrClN5O2S/c1-18-6-12-21(13-7-18)37(35,36)32-16-20-10-8-19(9-11-20)15-30-26-14-25(22-4-2-3-5-24(22)29)33-27-23(28)17-31-34(26)27/h2-14,17,30,32H,15-16H2,1H3. The summed E-state index contributed by atoms with van der Waals surface area (Å²) in [4.78, 5) is 4.99. The molecule has 2 aromatic heterocycles. The van der Waals surface area contributed by atoms with Crippen molar-refractivity contribution in [3.05, 3.63) is 111 Å². The first-order valence-electron chi connectivity index (χ1n) is 11.5. The number of anilines is 1. The monoisotopic (exact) mass is 595 g/mol. The fourth-order valence-corrected chi connectivity index (χ4v) is 5.41. The molecule has 2 heterocycles. The first-order chi connectivity index (χ1) is 17.8. The molecule has 2 N–H and O–H groups in total. The van der Waals surface area contributed by atoms with Crippen molar-refractivity contribution < 1.29 is 8.42 Å². The van der Waals surface area contributed by atoms with Crippen LogP contribution in [0.25, 0.3) is 16.9 Å². The average Bonchev–Trinajstić information content (AvgIpc) is 3.28. The molecule has 0 aliphatic heterocycles. The van der Waals surface area contributed by atoms with E-state index in [0.717, 1.165) is 38.2 Å². The zero-order chi connectivity index (χ0) is 26.0. The van der Waals surface area contributed by atoms with E-state index in [-0.39, 0.29) is 11.4 Å². The highest BCUT2D eigenvalue weighted by Crippen LogP contribution is 2.30. The second-order valence-electron chi connectivity index (χ2n) is 8.54. The topological polar surface area (TPSA) is 88.4 Å². The lowest BCUT2D eigenvalue weighted by Gasteiger charge is -2.12. The van der Waals surface area contributed by atoms with Gasteiger partial charge in [-0.3, -0.25) is 0 Å². The molecule has 10 heteroatoms. The molecule has 0 aliphatic rings. The highest BCUT2D eigenvalue weighted by atomic mass is 79.9. The summed E-state index contributed by atoms with van der Waals surface area (Å²) in [5.41, 5.74) is 5.15. The molecule has 0 spiro atoms. The van der Waals surface area contributed by atoms with E-state index in [9.17, 15) is 8.42 Å². The lowest BCUT2D eigenvalue weighted by molar-refractivity contribution is 0.581. The Kier molecular flexibility index (Phi) is 7.30. The normalized spacial score (nSPS) is 11.6. The number of hydrogen-bond donors (Lipinski definition) is 2. The van der Waals surface area contributed by atoms with E-state index in [1.165, 1.54) is 0 Å². The molecule has 0 saturated carbocycles. The van der Waals surface area contributed by atoms with Crippen LogP contribution >= 0.6 is 27.5 Å². The fraction of sp³-hybridized carbons (Fsp3) is 0.111. The van der Waals surface area contributed by atoms with Gasteiger partial charge >= 0.3 is 0 Å². The van der Waals surface area contributed by atoms with Gasteiger partial charge in [0.25, 0.3) is 0 Å². The molecule has 0 atom stereocenters. The summed E-state index contributed by atoms with van der Waals surface area (Å²) in [7, 11) is -3.57. The predicted octanol–water partition coefficient (Wildman–Crippen LogP) is 6.21. The van der Waals surface area contributed by atoms with Gasteiger partial charge in [-0.15, -0.1) is 0 Å². The van der Waals surface area contributed by atoms with Gasteiger partial charge in [0.2, 0.25) is 10.0 Å². The van der Waals surface area contributed by atoms with Crippen LogP contribution in [-0.2, 0) is 23.1 Å². The third kappa shape index (κ3) is 5.70. The molecule has 5 aromatic rings. The molecule has 0 amide bonds. The molecule has 5 rings (SSSR count). The van der Waals surface area contributed by atoms with Crippen LogP contribution in [0.4, 0.5) is 5.82 Å². The number of sulfonamides is 1. The molecule has 0 fully saturated rings. The van der Waals surface area contributed by atoms with Gasteiger partial charge in [-0.25, -0.2) is 18.1 Å². The van der Waals surface area contributed by atoms with Gasteiger partial charge in [-0.2, -0.15) is 9.61 Å². The lowest BCUT2D eigenvalue weighted by Crippen LogP contribution is -2.23. The molecule has 37 heavy (non-hydrogen) atoms. The Labute approximate surface area is 228 Å². The Balaban J connectivity index is 1.30. The molecule has 0 bridgehead atoms. The fourth-order valence-electron chi connectivity index (χ4n) is 3.82. The van der Waals surface area contributed by atoms with Crippen LogP contribution in [0.5, 0.6) is 0 Å². The summed E-state index contributed by atoms with van der Waals surface area (Å²) in [5.74, 6) is 0.764. The molecule has 0 saturated heterocycles. The van der Waals surface area contributed by atoms with Gasteiger partial charge in [0.05, 0.1) is 21.3 Å². The summed E-state index contributed by atoms with van der Waals surface area (Å²) in [6.45, 7) is 2.66. The number of aromatic nitrogens is 3. The molecule has 0 unspecified atom stereocenters. The first-order valence-corrected chi connectivity index (χ1v) is 14.1. The van der Waals surface area contributed by atoms with Crippen LogP contribution in [0, 0.1) is 6.92 Å².